The number of para-hydroxylation sites is 4. The monoisotopic (exact) mass is 536 g/mol. The van der Waals surface area contributed by atoms with Crippen molar-refractivity contribution >= 4 is 43.9 Å². The van der Waals surface area contributed by atoms with Crippen LogP contribution in [0.2, 0.25) is 0 Å². The molecular weight excluding hydrogens is 516 g/mol. The van der Waals surface area contributed by atoms with Crippen LogP contribution in [0.3, 0.4) is 0 Å². The SMILES string of the molecule is N#Cc1cc(C#N)cc(-c2cc(-c3cccc4c3oc3ccccc34)cc(-c3cccc4c3oc3ccccc34)c2)c1. The summed E-state index contributed by atoms with van der Waals surface area (Å²) in [6, 6.07) is 44.6. The van der Waals surface area contributed by atoms with Gasteiger partial charge in [-0.05, 0) is 70.8 Å². The highest BCUT2D eigenvalue weighted by Crippen LogP contribution is 2.42. The van der Waals surface area contributed by atoms with Crippen LogP contribution >= 0.6 is 0 Å². The van der Waals surface area contributed by atoms with Gasteiger partial charge < -0.3 is 8.83 Å². The molecule has 0 amide bonds. The fourth-order valence-electron chi connectivity index (χ4n) is 5.98. The minimum Gasteiger partial charge on any atom is -0.455 e. The number of nitrogens with zero attached hydrogens (tertiary/aromatic N) is 2. The van der Waals surface area contributed by atoms with Crippen LogP contribution in [0.15, 0.2) is 130 Å². The third-order valence-electron chi connectivity index (χ3n) is 7.89. The fourth-order valence-corrected chi connectivity index (χ4v) is 5.98. The molecule has 0 N–H and O–H groups in total. The summed E-state index contributed by atoms with van der Waals surface area (Å²) in [5, 5.41) is 23.6. The van der Waals surface area contributed by atoms with Crippen LogP contribution in [-0.4, -0.2) is 0 Å². The molecule has 194 valence electrons. The van der Waals surface area contributed by atoms with E-state index in [-0.39, 0.29) is 0 Å². The molecule has 0 aliphatic rings. The second kappa shape index (κ2) is 9.24. The Morgan fingerprint density at radius 2 is 0.833 bits per heavy atom. The van der Waals surface area contributed by atoms with Gasteiger partial charge >= 0.3 is 0 Å². The summed E-state index contributed by atoms with van der Waals surface area (Å²) in [4.78, 5) is 0. The van der Waals surface area contributed by atoms with Gasteiger partial charge in [-0.2, -0.15) is 10.5 Å². The van der Waals surface area contributed by atoms with Crippen molar-refractivity contribution in [1.29, 1.82) is 10.5 Å². The van der Waals surface area contributed by atoms with Crippen LogP contribution < -0.4 is 0 Å². The second-order valence-corrected chi connectivity index (χ2v) is 10.4. The highest BCUT2D eigenvalue weighted by molar-refractivity contribution is 6.11. The smallest absolute Gasteiger partial charge is 0.143 e. The Kier molecular flexibility index (Phi) is 5.22. The number of furan rings is 2. The molecule has 0 bridgehead atoms. The molecule has 0 saturated heterocycles. The Bertz CT molecular complexity index is 2280. The van der Waals surface area contributed by atoms with E-state index in [9.17, 15) is 10.5 Å². The normalized spacial score (nSPS) is 11.3. The Morgan fingerprint density at radius 3 is 1.33 bits per heavy atom. The zero-order chi connectivity index (χ0) is 28.2. The van der Waals surface area contributed by atoms with E-state index < -0.39 is 0 Å². The van der Waals surface area contributed by atoms with E-state index in [1.165, 1.54) is 0 Å². The maximum Gasteiger partial charge on any atom is 0.143 e. The van der Waals surface area contributed by atoms with Crippen molar-refractivity contribution in [2.75, 3.05) is 0 Å². The van der Waals surface area contributed by atoms with Gasteiger partial charge in [-0.3, -0.25) is 0 Å². The summed E-state index contributed by atoms with van der Waals surface area (Å²) in [5.74, 6) is 0. The maximum absolute atomic E-state index is 9.68. The molecule has 0 aliphatic heterocycles. The summed E-state index contributed by atoms with van der Waals surface area (Å²) in [5.41, 5.74) is 9.69. The van der Waals surface area contributed by atoms with E-state index in [2.05, 4.69) is 78.9 Å². The lowest BCUT2D eigenvalue weighted by Gasteiger charge is -2.12. The van der Waals surface area contributed by atoms with E-state index >= 15 is 0 Å². The van der Waals surface area contributed by atoms with Gasteiger partial charge in [0.05, 0.1) is 23.3 Å². The topological polar surface area (TPSA) is 73.9 Å². The number of nitriles is 2. The van der Waals surface area contributed by atoms with Crippen molar-refractivity contribution in [3.8, 4) is 45.5 Å². The van der Waals surface area contributed by atoms with Crippen LogP contribution in [0, 0.1) is 22.7 Å². The number of benzene rings is 6. The molecule has 4 nitrogen and oxygen atoms in total. The molecule has 4 heteroatoms. The molecule has 0 aliphatic carbocycles. The van der Waals surface area contributed by atoms with Gasteiger partial charge in [-0.25, -0.2) is 0 Å². The molecule has 6 aromatic carbocycles. The van der Waals surface area contributed by atoms with Gasteiger partial charge in [0, 0.05) is 32.7 Å². The molecule has 0 spiro atoms. The van der Waals surface area contributed by atoms with Crippen LogP contribution in [0.25, 0.3) is 77.3 Å². The lowest BCUT2D eigenvalue weighted by atomic mass is 9.91. The van der Waals surface area contributed by atoms with Gasteiger partial charge in [0.15, 0.2) is 0 Å². The molecule has 8 aromatic rings. The lowest BCUT2D eigenvalue weighted by molar-refractivity contribution is 0.670. The third-order valence-corrected chi connectivity index (χ3v) is 7.89. The molecule has 0 fully saturated rings. The van der Waals surface area contributed by atoms with Crippen LogP contribution in [0.4, 0.5) is 0 Å². The molecule has 0 atom stereocenters. The summed E-state index contributed by atoms with van der Waals surface area (Å²) < 4.78 is 12.8. The van der Waals surface area contributed by atoms with E-state index in [4.69, 9.17) is 8.83 Å². The third kappa shape index (κ3) is 3.68. The first-order valence-electron chi connectivity index (χ1n) is 13.6. The number of fused-ring (bicyclic) bond motifs is 6. The Balaban J connectivity index is 1.44. The first kappa shape index (κ1) is 23.8. The van der Waals surface area contributed by atoms with Crippen molar-refractivity contribution < 1.29 is 8.83 Å². The Hall–Kier alpha value is -6.10. The van der Waals surface area contributed by atoms with Crippen molar-refractivity contribution in [3.63, 3.8) is 0 Å². The predicted molar refractivity (Wildman–Crippen MR) is 167 cm³/mol. The van der Waals surface area contributed by atoms with E-state index in [1.807, 2.05) is 48.5 Å². The number of hydrogen-bond acceptors (Lipinski definition) is 4. The zero-order valence-electron chi connectivity index (χ0n) is 22.3. The quantitative estimate of drug-likeness (QED) is 0.225. The van der Waals surface area contributed by atoms with Crippen molar-refractivity contribution in [2.45, 2.75) is 0 Å². The van der Waals surface area contributed by atoms with Crippen LogP contribution in [0.5, 0.6) is 0 Å². The molecule has 2 aromatic heterocycles. The summed E-state index contributed by atoms with van der Waals surface area (Å²) in [6.07, 6.45) is 0. The van der Waals surface area contributed by atoms with Crippen molar-refractivity contribution in [3.05, 3.63) is 132 Å². The first-order valence-corrected chi connectivity index (χ1v) is 13.6. The second-order valence-electron chi connectivity index (χ2n) is 10.4. The molecule has 0 radical (unpaired) electrons. The van der Waals surface area contributed by atoms with Gasteiger partial charge in [0.2, 0.25) is 0 Å². The van der Waals surface area contributed by atoms with Gasteiger partial charge in [-0.1, -0.05) is 72.8 Å². The standard InChI is InChI=1S/C38H20N2O2/c39-21-23-15-24(22-40)17-25(16-23)26-18-27(29-9-5-11-33-31-7-1-3-13-35(31)41-37(29)33)20-28(19-26)30-10-6-12-34-32-8-2-4-14-36(32)42-38(30)34/h1-20H. The molecule has 8 rings (SSSR count). The van der Waals surface area contributed by atoms with Crippen molar-refractivity contribution in [1.82, 2.24) is 0 Å². The zero-order valence-corrected chi connectivity index (χ0v) is 22.3. The average Bonchev–Trinajstić information content (AvgIpc) is 3.63. The van der Waals surface area contributed by atoms with Crippen molar-refractivity contribution in [2.24, 2.45) is 0 Å². The van der Waals surface area contributed by atoms with Gasteiger partial charge in [0.25, 0.3) is 0 Å². The highest BCUT2D eigenvalue weighted by Gasteiger charge is 2.17. The van der Waals surface area contributed by atoms with Crippen LogP contribution in [-0.2, 0) is 0 Å². The predicted octanol–water partition coefficient (Wildman–Crippen LogP) is 10.2. The first-order chi connectivity index (χ1) is 20.7. The minimum absolute atomic E-state index is 0.440. The number of hydrogen-bond donors (Lipinski definition) is 0. The molecule has 2 heterocycles. The summed E-state index contributed by atoms with van der Waals surface area (Å²) in [7, 11) is 0. The van der Waals surface area contributed by atoms with Gasteiger partial charge in [0.1, 0.15) is 22.3 Å². The Labute approximate surface area is 240 Å². The summed E-state index contributed by atoms with van der Waals surface area (Å²) >= 11 is 0. The highest BCUT2D eigenvalue weighted by atomic mass is 16.3. The average molecular weight is 537 g/mol. The molecular formula is C38H20N2O2. The summed E-state index contributed by atoms with van der Waals surface area (Å²) in [6.45, 7) is 0. The molecule has 0 saturated carbocycles. The fraction of sp³-hybridized carbons (Fsp3) is 0. The largest absolute Gasteiger partial charge is 0.455 e. The van der Waals surface area contributed by atoms with E-state index in [1.54, 1.807) is 6.07 Å². The van der Waals surface area contributed by atoms with E-state index in [0.29, 0.717) is 11.1 Å². The Morgan fingerprint density at radius 1 is 0.405 bits per heavy atom. The molecule has 42 heavy (non-hydrogen) atoms. The maximum atomic E-state index is 9.68. The van der Waals surface area contributed by atoms with E-state index in [0.717, 1.165) is 77.3 Å². The molecule has 0 unspecified atom stereocenters. The minimum atomic E-state index is 0.440. The van der Waals surface area contributed by atoms with Crippen LogP contribution in [0.1, 0.15) is 11.1 Å². The lowest BCUT2D eigenvalue weighted by Crippen LogP contribution is -1.89. The number of rotatable bonds is 3. The van der Waals surface area contributed by atoms with Gasteiger partial charge in [-0.15, -0.1) is 0 Å².